The average Bonchev–Trinajstić information content (AvgIpc) is 2.70. The Balaban J connectivity index is 2.11. The molecule has 1 N–H and O–H groups in total. The van der Waals surface area contributed by atoms with Gasteiger partial charge in [-0.05, 0) is 18.6 Å². The molecule has 0 saturated heterocycles. The van der Waals surface area contributed by atoms with Crippen LogP contribution in [0.2, 0.25) is 5.02 Å². The van der Waals surface area contributed by atoms with Crippen LogP contribution in [0.25, 0.3) is 0 Å². The standard InChI is InChI=1S/C11H11ClN2S/c1-8-3-2-4-9(12)11(8)14-7-10-13-5-6-15-10/h2-6,14H,7H2,1H3. The molecule has 2 rings (SSSR count). The van der Waals surface area contributed by atoms with Crippen LogP contribution in [0.4, 0.5) is 5.69 Å². The zero-order valence-corrected chi connectivity index (χ0v) is 9.90. The van der Waals surface area contributed by atoms with E-state index in [1.807, 2.05) is 30.5 Å². The molecule has 15 heavy (non-hydrogen) atoms. The summed E-state index contributed by atoms with van der Waals surface area (Å²) in [5.41, 5.74) is 2.15. The van der Waals surface area contributed by atoms with Crippen molar-refractivity contribution < 1.29 is 0 Å². The molecule has 2 nitrogen and oxygen atoms in total. The van der Waals surface area contributed by atoms with Gasteiger partial charge in [0.1, 0.15) is 5.01 Å². The maximum atomic E-state index is 6.09. The second kappa shape index (κ2) is 4.64. The van der Waals surface area contributed by atoms with Crippen LogP contribution in [0.1, 0.15) is 10.6 Å². The first-order valence-electron chi connectivity index (χ1n) is 4.65. The summed E-state index contributed by atoms with van der Waals surface area (Å²) in [6, 6.07) is 5.88. The summed E-state index contributed by atoms with van der Waals surface area (Å²) in [4.78, 5) is 4.20. The molecule has 0 spiro atoms. The predicted octanol–water partition coefficient (Wildman–Crippen LogP) is 3.72. The van der Waals surface area contributed by atoms with Gasteiger partial charge in [-0.3, -0.25) is 0 Å². The van der Waals surface area contributed by atoms with Crippen LogP contribution in [-0.2, 0) is 6.54 Å². The number of anilines is 1. The van der Waals surface area contributed by atoms with E-state index in [9.17, 15) is 0 Å². The van der Waals surface area contributed by atoms with Gasteiger partial charge in [0.25, 0.3) is 0 Å². The average molecular weight is 239 g/mol. The molecule has 0 atom stereocenters. The lowest BCUT2D eigenvalue weighted by molar-refractivity contribution is 1.10. The number of halogens is 1. The fourth-order valence-electron chi connectivity index (χ4n) is 1.36. The summed E-state index contributed by atoms with van der Waals surface area (Å²) in [5, 5.41) is 7.09. The summed E-state index contributed by atoms with van der Waals surface area (Å²) >= 11 is 7.73. The van der Waals surface area contributed by atoms with Gasteiger partial charge in [-0.15, -0.1) is 11.3 Å². The lowest BCUT2D eigenvalue weighted by atomic mass is 10.2. The van der Waals surface area contributed by atoms with Crippen molar-refractivity contribution in [3.8, 4) is 0 Å². The van der Waals surface area contributed by atoms with Crippen molar-refractivity contribution in [3.05, 3.63) is 45.4 Å². The molecular formula is C11H11ClN2S. The molecular weight excluding hydrogens is 228 g/mol. The number of nitrogens with one attached hydrogen (secondary N) is 1. The Bertz CT molecular complexity index is 420. The third-order valence-corrected chi connectivity index (χ3v) is 3.22. The Labute approximate surface area is 97.9 Å². The molecule has 0 bridgehead atoms. The first-order valence-corrected chi connectivity index (χ1v) is 5.90. The van der Waals surface area contributed by atoms with Crippen molar-refractivity contribution in [2.75, 3.05) is 5.32 Å². The predicted molar refractivity (Wildman–Crippen MR) is 65.6 cm³/mol. The highest BCUT2D eigenvalue weighted by Crippen LogP contribution is 2.25. The maximum absolute atomic E-state index is 6.09. The molecule has 2 aromatic rings. The van der Waals surface area contributed by atoms with Crippen molar-refractivity contribution in [1.29, 1.82) is 0 Å². The van der Waals surface area contributed by atoms with Gasteiger partial charge >= 0.3 is 0 Å². The van der Waals surface area contributed by atoms with E-state index in [1.54, 1.807) is 17.5 Å². The molecule has 0 aliphatic carbocycles. The van der Waals surface area contributed by atoms with Crippen LogP contribution in [0, 0.1) is 6.92 Å². The topological polar surface area (TPSA) is 24.9 Å². The van der Waals surface area contributed by atoms with Gasteiger partial charge in [0, 0.05) is 11.6 Å². The highest BCUT2D eigenvalue weighted by atomic mass is 35.5. The zero-order valence-electron chi connectivity index (χ0n) is 8.33. The van der Waals surface area contributed by atoms with Gasteiger partial charge in [-0.1, -0.05) is 23.7 Å². The van der Waals surface area contributed by atoms with Crippen LogP contribution in [-0.4, -0.2) is 4.98 Å². The van der Waals surface area contributed by atoms with Crippen molar-refractivity contribution in [3.63, 3.8) is 0 Å². The molecule has 0 aliphatic heterocycles. The lowest BCUT2D eigenvalue weighted by Crippen LogP contribution is -2.01. The number of para-hydroxylation sites is 1. The summed E-state index contributed by atoms with van der Waals surface area (Å²) in [7, 11) is 0. The number of nitrogens with zero attached hydrogens (tertiary/aromatic N) is 1. The third-order valence-electron chi connectivity index (χ3n) is 2.12. The Morgan fingerprint density at radius 2 is 2.33 bits per heavy atom. The second-order valence-electron chi connectivity index (χ2n) is 3.21. The number of benzene rings is 1. The van der Waals surface area contributed by atoms with Crippen molar-refractivity contribution >= 4 is 28.6 Å². The SMILES string of the molecule is Cc1cccc(Cl)c1NCc1nccs1. The maximum Gasteiger partial charge on any atom is 0.112 e. The van der Waals surface area contributed by atoms with Crippen molar-refractivity contribution in [2.45, 2.75) is 13.5 Å². The van der Waals surface area contributed by atoms with E-state index in [2.05, 4.69) is 10.3 Å². The molecule has 4 heteroatoms. The van der Waals surface area contributed by atoms with Crippen LogP contribution in [0.5, 0.6) is 0 Å². The molecule has 1 heterocycles. The summed E-state index contributed by atoms with van der Waals surface area (Å²) < 4.78 is 0. The largest absolute Gasteiger partial charge is 0.377 e. The van der Waals surface area contributed by atoms with Gasteiger partial charge in [-0.25, -0.2) is 4.98 Å². The molecule has 0 unspecified atom stereocenters. The normalized spacial score (nSPS) is 10.3. The monoisotopic (exact) mass is 238 g/mol. The minimum atomic E-state index is 0.724. The van der Waals surface area contributed by atoms with E-state index in [0.717, 1.165) is 27.8 Å². The summed E-state index contributed by atoms with van der Waals surface area (Å²) in [6.07, 6.45) is 1.81. The molecule has 0 radical (unpaired) electrons. The fraction of sp³-hybridized carbons (Fsp3) is 0.182. The number of rotatable bonds is 3. The minimum absolute atomic E-state index is 0.724. The first kappa shape index (κ1) is 10.5. The molecule has 1 aromatic carbocycles. The van der Waals surface area contributed by atoms with E-state index >= 15 is 0 Å². The van der Waals surface area contributed by atoms with E-state index in [4.69, 9.17) is 11.6 Å². The van der Waals surface area contributed by atoms with Gasteiger partial charge in [0.2, 0.25) is 0 Å². The number of hydrogen-bond donors (Lipinski definition) is 1. The van der Waals surface area contributed by atoms with Gasteiger partial charge in [-0.2, -0.15) is 0 Å². The Morgan fingerprint density at radius 3 is 3.00 bits per heavy atom. The Hall–Kier alpha value is -1.06. The van der Waals surface area contributed by atoms with Crippen molar-refractivity contribution in [1.82, 2.24) is 4.98 Å². The number of aromatic nitrogens is 1. The summed E-state index contributed by atoms with van der Waals surface area (Å²) in [6.45, 7) is 2.76. The fourth-order valence-corrected chi connectivity index (χ4v) is 2.20. The summed E-state index contributed by atoms with van der Waals surface area (Å²) in [5.74, 6) is 0. The minimum Gasteiger partial charge on any atom is -0.377 e. The number of aryl methyl sites for hydroxylation is 1. The van der Waals surface area contributed by atoms with E-state index in [0.29, 0.717) is 0 Å². The smallest absolute Gasteiger partial charge is 0.112 e. The van der Waals surface area contributed by atoms with E-state index in [1.165, 1.54) is 0 Å². The molecule has 0 aliphatic rings. The Morgan fingerprint density at radius 1 is 1.47 bits per heavy atom. The second-order valence-corrected chi connectivity index (χ2v) is 4.60. The molecule has 1 aromatic heterocycles. The van der Waals surface area contributed by atoms with Gasteiger partial charge in [0.15, 0.2) is 0 Å². The third kappa shape index (κ3) is 2.49. The molecule has 0 amide bonds. The van der Waals surface area contributed by atoms with Crippen molar-refractivity contribution in [2.24, 2.45) is 0 Å². The van der Waals surface area contributed by atoms with Crippen LogP contribution in [0.3, 0.4) is 0 Å². The quantitative estimate of drug-likeness (QED) is 0.882. The zero-order chi connectivity index (χ0) is 10.7. The van der Waals surface area contributed by atoms with E-state index in [-0.39, 0.29) is 0 Å². The lowest BCUT2D eigenvalue weighted by Gasteiger charge is -2.09. The number of thiazole rings is 1. The highest BCUT2D eigenvalue weighted by Gasteiger charge is 2.03. The van der Waals surface area contributed by atoms with Crippen LogP contribution >= 0.6 is 22.9 Å². The van der Waals surface area contributed by atoms with Gasteiger partial charge < -0.3 is 5.32 Å². The van der Waals surface area contributed by atoms with Gasteiger partial charge in [0.05, 0.1) is 17.3 Å². The van der Waals surface area contributed by atoms with Crippen LogP contribution < -0.4 is 5.32 Å². The Kier molecular flexibility index (Phi) is 3.23. The van der Waals surface area contributed by atoms with Crippen LogP contribution in [0.15, 0.2) is 29.8 Å². The first-order chi connectivity index (χ1) is 7.27. The molecule has 78 valence electrons. The molecule has 0 saturated carbocycles. The molecule has 0 fully saturated rings. The highest BCUT2D eigenvalue weighted by molar-refractivity contribution is 7.09. The van der Waals surface area contributed by atoms with E-state index < -0.39 is 0 Å². The number of hydrogen-bond acceptors (Lipinski definition) is 3.